The van der Waals surface area contributed by atoms with Crippen LogP contribution in [0.15, 0.2) is 22.7 Å². The normalized spacial score (nSPS) is 11.2. The highest BCUT2D eigenvalue weighted by molar-refractivity contribution is 5.75. The summed E-state index contributed by atoms with van der Waals surface area (Å²) in [6.45, 7) is 4.24. The van der Waals surface area contributed by atoms with Gasteiger partial charge in [0.25, 0.3) is 0 Å². The number of aromatic nitrogens is 2. The standard InChI is InChI=1S/C9H10N2O/c1-6(2)7-4-3-5-8-9(7)12-11-10-8/h3-6H,1-2H3. The smallest absolute Gasteiger partial charge is 0.190 e. The third-order valence-corrected chi connectivity index (χ3v) is 1.93. The van der Waals surface area contributed by atoms with Crippen LogP contribution in [0.3, 0.4) is 0 Å². The molecule has 3 heteroatoms. The number of para-hydroxylation sites is 1. The summed E-state index contributed by atoms with van der Waals surface area (Å²) in [7, 11) is 0. The zero-order valence-corrected chi connectivity index (χ0v) is 7.11. The van der Waals surface area contributed by atoms with Crippen molar-refractivity contribution in [3.63, 3.8) is 0 Å². The van der Waals surface area contributed by atoms with Gasteiger partial charge in [-0.15, -0.1) is 5.10 Å². The molecule has 1 heterocycles. The van der Waals surface area contributed by atoms with Crippen LogP contribution in [0.25, 0.3) is 11.1 Å². The molecule has 62 valence electrons. The minimum atomic E-state index is 0.448. The zero-order valence-electron chi connectivity index (χ0n) is 7.11. The lowest BCUT2D eigenvalue weighted by Gasteiger charge is -2.02. The van der Waals surface area contributed by atoms with Gasteiger partial charge in [-0.05, 0) is 12.0 Å². The van der Waals surface area contributed by atoms with Crippen molar-refractivity contribution in [2.24, 2.45) is 0 Å². The summed E-state index contributed by atoms with van der Waals surface area (Å²) < 4.78 is 5.05. The molecule has 0 fully saturated rings. The SMILES string of the molecule is CC(C)c1cccc2nnoc12. The van der Waals surface area contributed by atoms with Crippen LogP contribution in [0.2, 0.25) is 0 Å². The number of fused-ring (bicyclic) bond motifs is 1. The molecule has 0 aliphatic rings. The predicted octanol–water partition coefficient (Wildman–Crippen LogP) is 2.35. The van der Waals surface area contributed by atoms with Crippen molar-refractivity contribution in [2.75, 3.05) is 0 Å². The molecule has 0 saturated carbocycles. The number of nitrogens with zero attached hydrogens (tertiary/aromatic N) is 2. The van der Waals surface area contributed by atoms with Gasteiger partial charge in [-0.2, -0.15) is 0 Å². The average Bonchev–Trinajstić information content (AvgIpc) is 2.49. The van der Waals surface area contributed by atoms with E-state index in [0.29, 0.717) is 5.92 Å². The van der Waals surface area contributed by atoms with Gasteiger partial charge in [0.15, 0.2) is 5.58 Å². The van der Waals surface area contributed by atoms with Crippen LogP contribution >= 0.6 is 0 Å². The van der Waals surface area contributed by atoms with Crippen LogP contribution in [0.1, 0.15) is 25.3 Å². The van der Waals surface area contributed by atoms with E-state index in [-0.39, 0.29) is 0 Å². The number of rotatable bonds is 1. The number of hydrogen-bond donors (Lipinski definition) is 0. The molecule has 0 atom stereocenters. The second kappa shape index (κ2) is 2.59. The lowest BCUT2D eigenvalue weighted by Crippen LogP contribution is -1.86. The second-order valence-electron chi connectivity index (χ2n) is 3.12. The first-order valence-corrected chi connectivity index (χ1v) is 4.00. The van der Waals surface area contributed by atoms with Crippen LogP contribution < -0.4 is 0 Å². The summed E-state index contributed by atoms with van der Waals surface area (Å²) in [4.78, 5) is 0. The van der Waals surface area contributed by atoms with Gasteiger partial charge >= 0.3 is 0 Å². The molecule has 0 unspecified atom stereocenters. The van der Waals surface area contributed by atoms with E-state index in [4.69, 9.17) is 4.52 Å². The maximum atomic E-state index is 5.05. The molecule has 0 bridgehead atoms. The van der Waals surface area contributed by atoms with E-state index in [1.54, 1.807) is 0 Å². The van der Waals surface area contributed by atoms with E-state index in [2.05, 4.69) is 24.2 Å². The van der Waals surface area contributed by atoms with Crippen molar-refractivity contribution in [1.29, 1.82) is 0 Å². The van der Waals surface area contributed by atoms with Crippen molar-refractivity contribution < 1.29 is 4.52 Å². The predicted molar refractivity (Wildman–Crippen MR) is 45.9 cm³/mol. The Kier molecular flexibility index (Phi) is 1.57. The minimum Gasteiger partial charge on any atom is -0.337 e. The lowest BCUT2D eigenvalue weighted by molar-refractivity contribution is 0.421. The first kappa shape index (κ1) is 7.28. The van der Waals surface area contributed by atoms with Crippen molar-refractivity contribution in [3.8, 4) is 0 Å². The van der Waals surface area contributed by atoms with E-state index in [0.717, 1.165) is 16.7 Å². The van der Waals surface area contributed by atoms with Crippen LogP contribution in [0.5, 0.6) is 0 Å². The number of hydrogen-bond acceptors (Lipinski definition) is 3. The van der Waals surface area contributed by atoms with E-state index in [1.165, 1.54) is 0 Å². The summed E-state index contributed by atoms with van der Waals surface area (Å²) in [6, 6.07) is 5.92. The van der Waals surface area contributed by atoms with Crippen LogP contribution in [-0.2, 0) is 0 Å². The molecular formula is C9H10N2O. The van der Waals surface area contributed by atoms with Gasteiger partial charge in [-0.25, -0.2) is 0 Å². The lowest BCUT2D eigenvalue weighted by atomic mass is 10.0. The molecular weight excluding hydrogens is 152 g/mol. The highest BCUT2D eigenvalue weighted by Crippen LogP contribution is 2.23. The van der Waals surface area contributed by atoms with Crippen molar-refractivity contribution in [1.82, 2.24) is 10.4 Å². The highest BCUT2D eigenvalue weighted by atomic mass is 16.5. The van der Waals surface area contributed by atoms with Crippen LogP contribution in [0, 0.1) is 0 Å². The monoisotopic (exact) mass is 162 g/mol. The molecule has 0 aliphatic heterocycles. The highest BCUT2D eigenvalue weighted by Gasteiger charge is 2.08. The fourth-order valence-corrected chi connectivity index (χ4v) is 1.28. The minimum absolute atomic E-state index is 0.448. The van der Waals surface area contributed by atoms with E-state index in [1.807, 2.05) is 18.2 Å². The van der Waals surface area contributed by atoms with Gasteiger partial charge in [0.05, 0.1) is 0 Å². The average molecular weight is 162 g/mol. The summed E-state index contributed by atoms with van der Waals surface area (Å²) >= 11 is 0. The maximum Gasteiger partial charge on any atom is 0.190 e. The summed E-state index contributed by atoms with van der Waals surface area (Å²) in [5.41, 5.74) is 2.81. The second-order valence-corrected chi connectivity index (χ2v) is 3.12. The Morgan fingerprint density at radius 3 is 2.92 bits per heavy atom. The topological polar surface area (TPSA) is 38.9 Å². The molecule has 0 aliphatic carbocycles. The third-order valence-electron chi connectivity index (χ3n) is 1.93. The van der Waals surface area contributed by atoms with Crippen molar-refractivity contribution in [2.45, 2.75) is 19.8 Å². The van der Waals surface area contributed by atoms with Crippen LogP contribution in [-0.4, -0.2) is 10.4 Å². The van der Waals surface area contributed by atoms with Crippen molar-refractivity contribution >= 4 is 11.1 Å². The van der Waals surface area contributed by atoms with Gasteiger partial charge in [-0.3, -0.25) is 0 Å². The number of benzene rings is 1. The third kappa shape index (κ3) is 0.978. The molecule has 0 amide bonds. The molecule has 0 spiro atoms. The van der Waals surface area contributed by atoms with E-state index < -0.39 is 0 Å². The Morgan fingerprint density at radius 1 is 1.33 bits per heavy atom. The molecule has 12 heavy (non-hydrogen) atoms. The Hall–Kier alpha value is -1.38. The Morgan fingerprint density at radius 2 is 2.17 bits per heavy atom. The molecule has 1 aromatic carbocycles. The summed E-state index contributed by atoms with van der Waals surface area (Å²) in [5, 5.41) is 7.36. The first-order chi connectivity index (χ1) is 5.79. The Bertz CT molecular complexity index is 392. The molecule has 2 aromatic rings. The molecule has 0 N–H and O–H groups in total. The van der Waals surface area contributed by atoms with E-state index in [9.17, 15) is 0 Å². The Balaban J connectivity index is 2.73. The van der Waals surface area contributed by atoms with Gasteiger partial charge in [0.2, 0.25) is 0 Å². The fourth-order valence-electron chi connectivity index (χ4n) is 1.28. The van der Waals surface area contributed by atoms with E-state index >= 15 is 0 Å². The fraction of sp³-hybridized carbons (Fsp3) is 0.333. The Labute approximate surface area is 70.4 Å². The maximum absolute atomic E-state index is 5.05. The van der Waals surface area contributed by atoms with Crippen molar-refractivity contribution in [3.05, 3.63) is 23.8 Å². The molecule has 0 saturated heterocycles. The van der Waals surface area contributed by atoms with Gasteiger partial charge in [0.1, 0.15) is 5.52 Å². The van der Waals surface area contributed by atoms with Gasteiger partial charge < -0.3 is 4.52 Å². The molecule has 1 aromatic heterocycles. The molecule has 0 radical (unpaired) electrons. The summed E-state index contributed by atoms with van der Waals surface area (Å²) in [6.07, 6.45) is 0. The quantitative estimate of drug-likeness (QED) is 0.646. The largest absolute Gasteiger partial charge is 0.337 e. The molecule has 2 rings (SSSR count). The van der Waals surface area contributed by atoms with Gasteiger partial charge in [0, 0.05) is 10.8 Å². The van der Waals surface area contributed by atoms with Gasteiger partial charge in [-0.1, -0.05) is 26.0 Å². The molecule has 3 nitrogen and oxygen atoms in total. The zero-order chi connectivity index (χ0) is 8.55. The summed E-state index contributed by atoms with van der Waals surface area (Å²) in [5.74, 6) is 0.448. The van der Waals surface area contributed by atoms with Crippen LogP contribution in [0.4, 0.5) is 0 Å². The first-order valence-electron chi connectivity index (χ1n) is 4.00.